The van der Waals surface area contributed by atoms with Crippen molar-refractivity contribution >= 4 is 11.6 Å². The first-order valence-electron chi connectivity index (χ1n) is 6.87. The zero-order valence-corrected chi connectivity index (χ0v) is 12.4. The molecule has 0 aromatic carbocycles. The topological polar surface area (TPSA) is 132 Å². The Kier molecular flexibility index (Phi) is 5.98. The Hall–Kier alpha value is -2.28. The van der Waals surface area contributed by atoms with E-state index in [-0.39, 0.29) is 25.2 Å². The van der Waals surface area contributed by atoms with Crippen LogP contribution < -0.4 is 16.8 Å². The minimum atomic E-state index is -4.26. The molecule has 1 heterocycles. The lowest BCUT2D eigenvalue weighted by atomic mass is 9.85. The van der Waals surface area contributed by atoms with Crippen LogP contribution in [0.25, 0.3) is 0 Å². The molecule has 0 radical (unpaired) electrons. The fourth-order valence-electron chi connectivity index (χ4n) is 2.36. The van der Waals surface area contributed by atoms with E-state index >= 15 is 0 Å². The standard InChI is InChI=1S/C13H19F3N6O/c14-13(15,16)8-22-5-2-12(1-4-17,3-6-22)21-7-9(18)10(19)11(20)23/h7,19,21H,1-3,5-6,8,18H2,(H2,20,23)/b9-7+,19-10?. The Bertz CT molecular complexity index is 529. The first-order chi connectivity index (χ1) is 10.6. The first kappa shape index (κ1) is 18.8. The van der Waals surface area contributed by atoms with Gasteiger partial charge in [-0.2, -0.15) is 18.4 Å². The number of amides is 1. The average Bonchev–Trinajstić information content (AvgIpc) is 2.45. The van der Waals surface area contributed by atoms with Gasteiger partial charge in [0.05, 0.1) is 30.3 Å². The monoisotopic (exact) mass is 332 g/mol. The average molecular weight is 332 g/mol. The number of halogens is 3. The van der Waals surface area contributed by atoms with Crippen LogP contribution in [-0.2, 0) is 4.79 Å². The van der Waals surface area contributed by atoms with E-state index in [1.807, 2.05) is 6.07 Å². The molecule has 1 saturated heterocycles. The van der Waals surface area contributed by atoms with E-state index in [0.29, 0.717) is 12.8 Å². The number of carbonyl (C=O) groups excluding carboxylic acids is 1. The maximum absolute atomic E-state index is 12.4. The highest BCUT2D eigenvalue weighted by atomic mass is 19.4. The van der Waals surface area contributed by atoms with Crippen LogP contribution in [0.5, 0.6) is 0 Å². The summed E-state index contributed by atoms with van der Waals surface area (Å²) >= 11 is 0. The largest absolute Gasteiger partial charge is 0.401 e. The van der Waals surface area contributed by atoms with Crippen molar-refractivity contribution < 1.29 is 18.0 Å². The Morgan fingerprint density at radius 3 is 2.39 bits per heavy atom. The summed E-state index contributed by atoms with van der Waals surface area (Å²) in [5, 5.41) is 19.2. The van der Waals surface area contributed by atoms with Gasteiger partial charge >= 0.3 is 6.18 Å². The lowest BCUT2D eigenvalue weighted by Crippen LogP contribution is -2.53. The molecule has 0 aromatic heterocycles. The molecule has 1 rings (SSSR count). The fourth-order valence-corrected chi connectivity index (χ4v) is 2.36. The molecular weight excluding hydrogens is 313 g/mol. The third kappa shape index (κ3) is 5.78. The number of alkyl halides is 3. The van der Waals surface area contributed by atoms with Crippen LogP contribution in [-0.4, -0.2) is 47.9 Å². The van der Waals surface area contributed by atoms with E-state index in [1.165, 1.54) is 11.1 Å². The molecule has 1 aliphatic rings. The van der Waals surface area contributed by atoms with Gasteiger partial charge in [-0.15, -0.1) is 0 Å². The van der Waals surface area contributed by atoms with Crippen molar-refractivity contribution in [1.29, 1.82) is 10.7 Å². The quantitative estimate of drug-likeness (QED) is 0.516. The van der Waals surface area contributed by atoms with Gasteiger partial charge in [-0.25, -0.2) is 0 Å². The number of carbonyl (C=O) groups is 1. The molecule has 0 aliphatic carbocycles. The van der Waals surface area contributed by atoms with E-state index in [2.05, 4.69) is 5.32 Å². The van der Waals surface area contributed by atoms with Crippen LogP contribution in [0.2, 0.25) is 0 Å². The summed E-state index contributed by atoms with van der Waals surface area (Å²) in [5.41, 5.74) is 8.97. The number of nitriles is 1. The summed E-state index contributed by atoms with van der Waals surface area (Å²) in [5.74, 6) is -0.991. The van der Waals surface area contributed by atoms with Crippen LogP contribution in [0.4, 0.5) is 13.2 Å². The molecule has 1 fully saturated rings. The lowest BCUT2D eigenvalue weighted by Gasteiger charge is -2.41. The van der Waals surface area contributed by atoms with Gasteiger partial charge < -0.3 is 16.8 Å². The number of likely N-dealkylation sites (tertiary alicyclic amines) is 1. The summed E-state index contributed by atoms with van der Waals surface area (Å²) < 4.78 is 37.2. The predicted octanol–water partition coefficient (Wildman–Crippen LogP) is 0.192. The maximum atomic E-state index is 12.4. The third-order valence-electron chi connectivity index (χ3n) is 3.70. The SMILES string of the molecule is N#CCC1(N/C=C(/N)C(=N)C(N)=O)CCN(CC(F)(F)F)CC1. The van der Waals surface area contributed by atoms with Gasteiger partial charge in [0.1, 0.15) is 5.71 Å². The molecule has 1 amide bonds. The molecule has 1 aliphatic heterocycles. The molecule has 0 bridgehead atoms. The predicted molar refractivity (Wildman–Crippen MR) is 77.0 cm³/mol. The second-order valence-corrected chi connectivity index (χ2v) is 5.49. The second-order valence-electron chi connectivity index (χ2n) is 5.49. The van der Waals surface area contributed by atoms with Crippen LogP contribution in [0.1, 0.15) is 19.3 Å². The number of primary amides is 1. The minimum absolute atomic E-state index is 0.0700. The number of nitrogens with one attached hydrogen (secondary N) is 2. The van der Waals surface area contributed by atoms with Crippen molar-refractivity contribution in [2.45, 2.75) is 31.0 Å². The summed E-state index contributed by atoms with van der Waals surface area (Å²) in [6.07, 6.45) is -2.36. The van der Waals surface area contributed by atoms with E-state index in [1.54, 1.807) is 0 Å². The van der Waals surface area contributed by atoms with Crippen LogP contribution in [0, 0.1) is 16.7 Å². The van der Waals surface area contributed by atoms with Crippen LogP contribution in [0.15, 0.2) is 11.9 Å². The molecule has 128 valence electrons. The number of nitrogens with zero attached hydrogens (tertiary/aromatic N) is 2. The zero-order chi connectivity index (χ0) is 17.7. The minimum Gasteiger partial charge on any atom is -0.396 e. The molecule has 0 unspecified atom stereocenters. The highest BCUT2D eigenvalue weighted by molar-refractivity contribution is 6.43. The van der Waals surface area contributed by atoms with E-state index in [0.717, 1.165) is 0 Å². The number of nitrogens with two attached hydrogens (primary N) is 2. The Morgan fingerprint density at radius 2 is 1.96 bits per heavy atom. The Balaban J connectivity index is 2.73. The van der Waals surface area contributed by atoms with Gasteiger partial charge in [0.25, 0.3) is 5.91 Å². The Morgan fingerprint density at radius 1 is 1.39 bits per heavy atom. The highest BCUT2D eigenvalue weighted by Gasteiger charge is 2.38. The van der Waals surface area contributed by atoms with Crippen molar-refractivity contribution in [2.24, 2.45) is 11.5 Å². The smallest absolute Gasteiger partial charge is 0.396 e. The molecule has 0 atom stereocenters. The van der Waals surface area contributed by atoms with Gasteiger partial charge in [-0.05, 0) is 12.8 Å². The number of hydrogen-bond acceptors (Lipinski definition) is 6. The zero-order valence-electron chi connectivity index (χ0n) is 12.4. The summed E-state index contributed by atoms with van der Waals surface area (Å²) in [7, 11) is 0. The van der Waals surface area contributed by atoms with Crippen LogP contribution in [0.3, 0.4) is 0 Å². The van der Waals surface area contributed by atoms with Crippen molar-refractivity contribution in [2.75, 3.05) is 19.6 Å². The van der Waals surface area contributed by atoms with Crippen molar-refractivity contribution in [1.82, 2.24) is 10.2 Å². The lowest BCUT2D eigenvalue weighted by molar-refractivity contribution is -0.149. The summed E-state index contributed by atoms with van der Waals surface area (Å²) in [6.45, 7) is -0.635. The molecule has 10 heteroatoms. The fraction of sp³-hybridized carbons (Fsp3) is 0.615. The van der Waals surface area contributed by atoms with Crippen molar-refractivity contribution in [3.63, 3.8) is 0 Å². The van der Waals surface area contributed by atoms with Crippen molar-refractivity contribution in [3.8, 4) is 6.07 Å². The van der Waals surface area contributed by atoms with E-state index in [4.69, 9.17) is 22.1 Å². The molecule has 0 saturated carbocycles. The van der Waals surface area contributed by atoms with Crippen LogP contribution >= 0.6 is 0 Å². The van der Waals surface area contributed by atoms with Gasteiger partial charge in [-0.3, -0.25) is 15.1 Å². The summed E-state index contributed by atoms with van der Waals surface area (Å²) in [4.78, 5) is 12.1. The number of piperidine rings is 1. The number of hydrogen-bond donors (Lipinski definition) is 4. The van der Waals surface area contributed by atoms with Gasteiger partial charge in [0.2, 0.25) is 0 Å². The second kappa shape index (κ2) is 7.32. The van der Waals surface area contributed by atoms with E-state index < -0.39 is 29.9 Å². The van der Waals surface area contributed by atoms with Crippen molar-refractivity contribution in [3.05, 3.63) is 11.9 Å². The molecular formula is C13H19F3N6O. The highest BCUT2D eigenvalue weighted by Crippen LogP contribution is 2.28. The van der Waals surface area contributed by atoms with E-state index in [9.17, 15) is 18.0 Å². The first-order valence-corrected chi connectivity index (χ1v) is 6.87. The summed E-state index contributed by atoms with van der Waals surface area (Å²) in [6, 6.07) is 2.00. The molecule has 6 N–H and O–H groups in total. The molecule has 0 spiro atoms. The third-order valence-corrected chi connectivity index (χ3v) is 3.70. The molecule has 7 nitrogen and oxygen atoms in total. The normalized spacial score (nSPS) is 19.0. The Labute approximate surface area is 131 Å². The van der Waals surface area contributed by atoms with Gasteiger partial charge in [-0.1, -0.05) is 0 Å². The van der Waals surface area contributed by atoms with Gasteiger partial charge in [0, 0.05) is 19.3 Å². The molecule has 23 heavy (non-hydrogen) atoms. The molecule has 0 aromatic rings. The van der Waals surface area contributed by atoms with Gasteiger partial charge in [0.15, 0.2) is 0 Å². The number of rotatable bonds is 6. The maximum Gasteiger partial charge on any atom is 0.401 e.